The van der Waals surface area contributed by atoms with Crippen LogP contribution in [0, 0.1) is 10.1 Å². The molecule has 0 aliphatic rings. The number of nitrogens with one attached hydrogen (secondary N) is 1. The molecule has 0 aliphatic heterocycles. The number of nitro benzene ring substituents is 1. The summed E-state index contributed by atoms with van der Waals surface area (Å²) in [6, 6.07) is 10.4. The molecule has 0 radical (unpaired) electrons. The van der Waals surface area contributed by atoms with Crippen LogP contribution in [0.2, 0.25) is 5.02 Å². The summed E-state index contributed by atoms with van der Waals surface area (Å²) in [5, 5.41) is 14.7. The van der Waals surface area contributed by atoms with Gasteiger partial charge in [0.25, 0.3) is 11.6 Å². The molecule has 3 aromatic rings. The van der Waals surface area contributed by atoms with Crippen LogP contribution in [0.5, 0.6) is 11.5 Å². The summed E-state index contributed by atoms with van der Waals surface area (Å²) in [5.41, 5.74) is 2.17. The molecule has 1 amide bonds. The van der Waals surface area contributed by atoms with Gasteiger partial charge < -0.3 is 8.92 Å². The number of hydrogen-bond acceptors (Lipinski definition) is 9. The standard InChI is InChI=1S/C20H15ClN4O7S/c1-31-18-4-2-3-14(12-23-24-20(26)13-7-9-22-10-8-13)19(18)32-33(29,30)15-5-6-16(21)17(11-15)25(27)28/h2-12H,1H3,(H,24,26)/b23-12+. The summed E-state index contributed by atoms with van der Waals surface area (Å²) in [6.45, 7) is 0. The van der Waals surface area contributed by atoms with Crippen molar-refractivity contribution in [3.05, 3.63) is 87.2 Å². The van der Waals surface area contributed by atoms with Gasteiger partial charge in [-0.2, -0.15) is 13.5 Å². The molecule has 2 aromatic carbocycles. The van der Waals surface area contributed by atoms with Crippen molar-refractivity contribution in [3.63, 3.8) is 0 Å². The van der Waals surface area contributed by atoms with Crippen molar-refractivity contribution in [2.24, 2.45) is 5.10 Å². The largest absolute Gasteiger partial charge is 0.493 e. The van der Waals surface area contributed by atoms with Crippen molar-refractivity contribution in [2.75, 3.05) is 7.11 Å². The number of methoxy groups -OCH3 is 1. The van der Waals surface area contributed by atoms with Gasteiger partial charge in [0.15, 0.2) is 11.5 Å². The Hall–Kier alpha value is -4.03. The van der Waals surface area contributed by atoms with E-state index < -0.39 is 31.5 Å². The minimum atomic E-state index is -4.52. The fraction of sp³-hybridized carbons (Fsp3) is 0.0500. The third kappa shape index (κ3) is 5.61. The van der Waals surface area contributed by atoms with E-state index in [1.54, 1.807) is 6.07 Å². The van der Waals surface area contributed by atoms with Crippen molar-refractivity contribution in [2.45, 2.75) is 4.90 Å². The van der Waals surface area contributed by atoms with E-state index in [1.165, 1.54) is 43.8 Å². The van der Waals surface area contributed by atoms with Gasteiger partial charge in [0.05, 0.1) is 18.2 Å². The number of nitro groups is 1. The van der Waals surface area contributed by atoms with Crippen molar-refractivity contribution in [3.8, 4) is 11.5 Å². The molecule has 1 aromatic heterocycles. The van der Waals surface area contributed by atoms with E-state index in [1.807, 2.05) is 0 Å². The van der Waals surface area contributed by atoms with E-state index in [-0.39, 0.29) is 22.1 Å². The first-order valence-corrected chi connectivity index (χ1v) is 10.8. The summed E-state index contributed by atoms with van der Waals surface area (Å²) < 4.78 is 36.0. The predicted molar refractivity (Wildman–Crippen MR) is 118 cm³/mol. The number of carbonyl (C=O) groups is 1. The number of rotatable bonds is 8. The van der Waals surface area contributed by atoms with E-state index in [0.717, 1.165) is 24.4 Å². The highest BCUT2D eigenvalue weighted by atomic mass is 35.5. The molecule has 170 valence electrons. The molecule has 0 fully saturated rings. The van der Waals surface area contributed by atoms with Gasteiger partial charge in [-0.05, 0) is 36.4 Å². The number of hydrogen-bond donors (Lipinski definition) is 1. The Balaban J connectivity index is 1.91. The number of nitrogens with zero attached hydrogens (tertiary/aromatic N) is 3. The monoisotopic (exact) mass is 490 g/mol. The number of benzene rings is 2. The molecular formula is C20H15ClN4O7S. The van der Waals surface area contributed by atoms with E-state index in [2.05, 4.69) is 15.5 Å². The number of aromatic nitrogens is 1. The zero-order valence-electron chi connectivity index (χ0n) is 16.8. The third-order valence-corrected chi connectivity index (χ3v) is 5.67. The smallest absolute Gasteiger partial charge is 0.339 e. The van der Waals surface area contributed by atoms with Gasteiger partial charge in [-0.25, -0.2) is 5.43 Å². The number of ether oxygens (including phenoxy) is 1. The molecule has 0 spiro atoms. The van der Waals surface area contributed by atoms with Gasteiger partial charge in [-0.15, -0.1) is 0 Å². The van der Waals surface area contributed by atoms with E-state index in [9.17, 15) is 23.3 Å². The van der Waals surface area contributed by atoms with E-state index >= 15 is 0 Å². The van der Waals surface area contributed by atoms with Crippen molar-refractivity contribution < 1.29 is 27.1 Å². The number of hydrazone groups is 1. The zero-order valence-corrected chi connectivity index (χ0v) is 18.4. The van der Waals surface area contributed by atoms with Gasteiger partial charge in [0.1, 0.15) is 9.92 Å². The maximum absolute atomic E-state index is 12.8. The van der Waals surface area contributed by atoms with E-state index in [4.69, 9.17) is 20.5 Å². The maximum Gasteiger partial charge on any atom is 0.339 e. The molecular weight excluding hydrogens is 476 g/mol. The number of pyridine rings is 1. The van der Waals surface area contributed by atoms with Crippen molar-refractivity contribution >= 4 is 39.5 Å². The number of halogens is 1. The Labute approximate surface area is 192 Å². The van der Waals surface area contributed by atoms with Crippen LogP contribution in [-0.2, 0) is 10.1 Å². The lowest BCUT2D eigenvalue weighted by atomic mass is 10.2. The molecule has 0 bridgehead atoms. The zero-order chi connectivity index (χ0) is 24.0. The fourth-order valence-corrected chi connectivity index (χ4v) is 3.73. The van der Waals surface area contributed by atoms with Crippen LogP contribution in [0.3, 0.4) is 0 Å². The lowest BCUT2D eigenvalue weighted by Gasteiger charge is -2.13. The summed E-state index contributed by atoms with van der Waals surface area (Å²) >= 11 is 5.75. The molecule has 0 saturated heterocycles. The van der Waals surface area contributed by atoms with Gasteiger partial charge in [0, 0.05) is 29.6 Å². The van der Waals surface area contributed by atoms with Gasteiger partial charge >= 0.3 is 10.1 Å². The summed E-state index contributed by atoms with van der Waals surface area (Å²) in [6.07, 6.45) is 4.05. The second kappa shape index (κ2) is 10.1. The van der Waals surface area contributed by atoms with E-state index in [0.29, 0.717) is 5.56 Å². The van der Waals surface area contributed by atoms with Crippen molar-refractivity contribution in [1.82, 2.24) is 10.4 Å². The topological polar surface area (TPSA) is 150 Å². The van der Waals surface area contributed by atoms with Crippen LogP contribution in [0.25, 0.3) is 0 Å². The maximum atomic E-state index is 12.8. The Bertz CT molecular complexity index is 1330. The summed E-state index contributed by atoms with van der Waals surface area (Å²) in [5.74, 6) is -0.703. The fourth-order valence-electron chi connectivity index (χ4n) is 2.56. The van der Waals surface area contributed by atoms with Crippen LogP contribution in [0.1, 0.15) is 15.9 Å². The van der Waals surface area contributed by atoms with Crippen LogP contribution in [0.15, 0.2) is 70.9 Å². The Morgan fingerprint density at radius 1 is 1.21 bits per heavy atom. The highest BCUT2D eigenvalue weighted by molar-refractivity contribution is 7.87. The second-order valence-electron chi connectivity index (χ2n) is 6.22. The van der Waals surface area contributed by atoms with Gasteiger partial charge in [-0.1, -0.05) is 17.7 Å². The number of amides is 1. The van der Waals surface area contributed by atoms with Crippen LogP contribution >= 0.6 is 11.6 Å². The first-order valence-electron chi connectivity index (χ1n) is 9.02. The quantitative estimate of drug-likeness (QED) is 0.219. The number of para-hydroxylation sites is 1. The van der Waals surface area contributed by atoms with Gasteiger partial charge in [-0.3, -0.25) is 19.9 Å². The molecule has 13 heteroatoms. The first-order chi connectivity index (χ1) is 15.7. The third-order valence-electron chi connectivity index (χ3n) is 4.14. The molecule has 0 atom stereocenters. The molecule has 1 N–H and O–H groups in total. The average molecular weight is 491 g/mol. The summed E-state index contributed by atoms with van der Waals surface area (Å²) in [4.78, 5) is 25.7. The minimum Gasteiger partial charge on any atom is -0.493 e. The Morgan fingerprint density at radius 3 is 2.61 bits per heavy atom. The Morgan fingerprint density at radius 2 is 1.94 bits per heavy atom. The molecule has 3 rings (SSSR count). The molecule has 1 heterocycles. The van der Waals surface area contributed by atoms with Gasteiger partial charge in [0.2, 0.25) is 0 Å². The molecule has 0 unspecified atom stereocenters. The van der Waals surface area contributed by atoms with Crippen molar-refractivity contribution in [1.29, 1.82) is 0 Å². The Kier molecular flexibility index (Phi) is 7.20. The molecule has 11 nitrogen and oxygen atoms in total. The first kappa shape index (κ1) is 23.6. The SMILES string of the molecule is COc1cccc(/C=N/NC(=O)c2ccncc2)c1OS(=O)(=O)c1ccc(Cl)c([N+](=O)[O-])c1. The molecule has 33 heavy (non-hydrogen) atoms. The van der Waals surface area contributed by atoms with Crippen LogP contribution in [0.4, 0.5) is 5.69 Å². The summed E-state index contributed by atoms with van der Waals surface area (Å²) in [7, 11) is -3.22. The lowest BCUT2D eigenvalue weighted by molar-refractivity contribution is -0.384. The van der Waals surface area contributed by atoms with Crippen LogP contribution in [-0.4, -0.2) is 37.6 Å². The lowest BCUT2D eigenvalue weighted by Crippen LogP contribution is -2.17. The average Bonchev–Trinajstić information content (AvgIpc) is 2.80. The number of carbonyl (C=O) groups excluding carboxylic acids is 1. The molecule has 0 aliphatic carbocycles. The minimum absolute atomic E-state index is 0.0476. The normalized spacial score (nSPS) is 11.2. The molecule has 0 saturated carbocycles. The predicted octanol–water partition coefficient (Wildman–Crippen LogP) is 3.18. The highest BCUT2D eigenvalue weighted by Crippen LogP contribution is 2.34. The second-order valence-corrected chi connectivity index (χ2v) is 8.17. The highest BCUT2D eigenvalue weighted by Gasteiger charge is 2.25. The van der Waals surface area contributed by atoms with Crippen LogP contribution < -0.4 is 14.3 Å².